The van der Waals surface area contributed by atoms with E-state index in [2.05, 4.69) is 26.7 Å². The lowest BCUT2D eigenvalue weighted by Crippen LogP contribution is -2.28. The number of rotatable bonds is 8. The van der Waals surface area contributed by atoms with Gasteiger partial charge in [-0.05, 0) is 60.7 Å². The topological polar surface area (TPSA) is 81.1 Å². The minimum atomic E-state index is 0. The van der Waals surface area contributed by atoms with Gasteiger partial charge in [-0.15, -0.1) is 23.7 Å². The molecule has 0 atom stereocenters. The molecule has 5 aromatic rings. The number of ether oxygens (including phenoxy) is 1. The third kappa shape index (κ3) is 4.97. The molecule has 0 spiro atoms. The van der Waals surface area contributed by atoms with Gasteiger partial charge in [-0.1, -0.05) is 17.7 Å². The summed E-state index contributed by atoms with van der Waals surface area (Å²) in [5, 5.41) is 9.97. The summed E-state index contributed by atoms with van der Waals surface area (Å²) in [5.41, 5.74) is 2.48. The largest absolute Gasteiger partial charge is 0.455 e. The van der Waals surface area contributed by atoms with Gasteiger partial charge in [0.15, 0.2) is 5.82 Å². The Morgan fingerprint density at radius 1 is 1.14 bits per heavy atom. The molecule has 3 aromatic heterocycles. The summed E-state index contributed by atoms with van der Waals surface area (Å²) in [7, 11) is 0. The minimum absolute atomic E-state index is 0. The Morgan fingerprint density at radius 3 is 2.86 bits per heavy atom. The number of benzene rings is 2. The summed E-state index contributed by atoms with van der Waals surface area (Å²) in [4.78, 5) is 20.8. The van der Waals surface area contributed by atoms with Crippen molar-refractivity contribution in [3.63, 3.8) is 0 Å². The van der Waals surface area contributed by atoms with Gasteiger partial charge in [0, 0.05) is 41.0 Å². The zero-order valence-corrected chi connectivity index (χ0v) is 21.5. The second-order valence-electron chi connectivity index (χ2n) is 8.49. The van der Waals surface area contributed by atoms with Crippen LogP contribution in [0.3, 0.4) is 0 Å². The summed E-state index contributed by atoms with van der Waals surface area (Å²) >= 11 is 8.26. The van der Waals surface area contributed by atoms with Crippen LogP contribution in [-0.2, 0) is 11.3 Å². The van der Waals surface area contributed by atoms with E-state index in [1.165, 1.54) is 11.0 Å². The molecule has 36 heavy (non-hydrogen) atoms. The number of thiophene rings is 1. The van der Waals surface area contributed by atoms with Gasteiger partial charge in [0.25, 0.3) is 0 Å². The maximum atomic E-state index is 12.0. The third-order valence-corrected chi connectivity index (χ3v) is 7.20. The molecule has 1 aliphatic rings. The Morgan fingerprint density at radius 2 is 2.03 bits per heavy atom. The first-order valence-corrected chi connectivity index (χ1v) is 12.7. The molecular formula is C26H23Cl2N5O2S. The lowest BCUT2D eigenvalue weighted by atomic mass is 10.2. The van der Waals surface area contributed by atoms with Crippen LogP contribution in [-0.4, -0.2) is 27.0 Å². The van der Waals surface area contributed by atoms with Crippen molar-refractivity contribution in [3.8, 4) is 11.5 Å². The molecule has 0 aliphatic heterocycles. The molecular weight excluding hydrogens is 517 g/mol. The van der Waals surface area contributed by atoms with E-state index in [-0.39, 0.29) is 24.2 Å². The van der Waals surface area contributed by atoms with E-state index < -0.39 is 0 Å². The molecule has 1 fully saturated rings. The Labute approximate surface area is 222 Å². The standard InChI is InChI=1S/C26H22ClN5O2S.ClH/c27-19-14-17(6-7-22(19)34-21-2-1-3-23-18(21)9-13-35-23)31-25-24-20(29-15-30-25)8-11-32(24)12-10-28-26(33)16-4-5-16;/h1-3,6-9,11,13-16H,4-5,10,12H2,(H,28,33)(H,29,30,31);1H. The molecule has 1 aliphatic carbocycles. The number of hydrogen-bond donors (Lipinski definition) is 2. The van der Waals surface area contributed by atoms with E-state index in [4.69, 9.17) is 16.3 Å². The van der Waals surface area contributed by atoms with Gasteiger partial charge in [0.05, 0.1) is 10.5 Å². The zero-order chi connectivity index (χ0) is 23.8. The molecule has 184 valence electrons. The highest BCUT2D eigenvalue weighted by Crippen LogP contribution is 2.37. The number of amides is 1. The lowest BCUT2D eigenvalue weighted by Gasteiger charge is -2.13. The van der Waals surface area contributed by atoms with Crippen LogP contribution >= 0.6 is 35.3 Å². The third-order valence-electron chi connectivity index (χ3n) is 6.02. The molecule has 2 aromatic carbocycles. The predicted octanol–water partition coefficient (Wildman–Crippen LogP) is 6.78. The average molecular weight is 540 g/mol. The number of nitrogens with zero attached hydrogens (tertiary/aromatic N) is 3. The van der Waals surface area contributed by atoms with Crippen LogP contribution in [0.4, 0.5) is 11.5 Å². The molecule has 0 bridgehead atoms. The molecule has 1 saturated carbocycles. The van der Waals surface area contributed by atoms with E-state index in [1.54, 1.807) is 11.3 Å². The summed E-state index contributed by atoms with van der Waals surface area (Å²) in [6.45, 7) is 1.19. The first kappa shape index (κ1) is 24.4. The maximum Gasteiger partial charge on any atom is 0.223 e. The number of carbonyl (C=O) groups is 1. The van der Waals surface area contributed by atoms with Crippen molar-refractivity contribution in [1.29, 1.82) is 0 Å². The van der Waals surface area contributed by atoms with E-state index in [9.17, 15) is 4.79 Å². The minimum Gasteiger partial charge on any atom is -0.455 e. The maximum absolute atomic E-state index is 12.0. The van der Waals surface area contributed by atoms with Crippen molar-refractivity contribution in [2.45, 2.75) is 19.4 Å². The predicted molar refractivity (Wildman–Crippen MR) is 147 cm³/mol. The van der Waals surface area contributed by atoms with E-state index >= 15 is 0 Å². The molecule has 0 radical (unpaired) electrons. The van der Waals surface area contributed by atoms with E-state index in [0.717, 1.165) is 40.7 Å². The summed E-state index contributed by atoms with van der Waals surface area (Å²) in [6, 6.07) is 15.6. The lowest BCUT2D eigenvalue weighted by molar-refractivity contribution is -0.122. The molecule has 6 rings (SSSR count). The number of nitrogens with one attached hydrogen (secondary N) is 2. The number of anilines is 2. The van der Waals surface area contributed by atoms with Gasteiger partial charge in [-0.2, -0.15) is 0 Å². The Bertz CT molecular complexity index is 1550. The fourth-order valence-electron chi connectivity index (χ4n) is 4.07. The van der Waals surface area contributed by atoms with E-state index in [0.29, 0.717) is 29.7 Å². The van der Waals surface area contributed by atoms with Gasteiger partial charge >= 0.3 is 0 Å². The van der Waals surface area contributed by atoms with Crippen LogP contribution in [0.2, 0.25) is 5.02 Å². The quantitative estimate of drug-likeness (QED) is 0.227. The second kappa shape index (κ2) is 10.3. The number of hydrogen-bond acceptors (Lipinski definition) is 6. The van der Waals surface area contributed by atoms with Crippen LogP contribution in [0.1, 0.15) is 12.8 Å². The van der Waals surface area contributed by atoms with Crippen molar-refractivity contribution < 1.29 is 9.53 Å². The average Bonchev–Trinajstić information content (AvgIpc) is 3.45. The van der Waals surface area contributed by atoms with E-state index in [1.807, 2.05) is 58.6 Å². The van der Waals surface area contributed by atoms with Gasteiger partial charge in [0.1, 0.15) is 23.3 Å². The Balaban J connectivity index is 0.00000267. The van der Waals surface area contributed by atoms with Crippen molar-refractivity contribution in [2.75, 3.05) is 11.9 Å². The number of aromatic nitrogens is 3. The molecule has 3 heterocycles. The fraction of sp³-hybridized carbons (Fsp3) is 0.192. The molecule has 7 nitrogen and oxygen atoms in total. The SMILES string of the molecule is Cl.O=C(NCCn1ccc2ncnc(Nc3ccc(Oc4cccc5sccc45)c(Cl)c3)c21)C1CC1. The normalized spacial score (nSPS) is 12.9. The van der Waals surface area contributed by atoms with Crippen molar-refractivity contribution in [3.05, 3.63) is 71.5 Å². The number of halogens is 2. The highest BCUT2D eigenvalue weighted by molar-refractivity contribution is 7.17. The Kier molecular flexibility index (Phi) is 7.00. The van der Waals surface area contributed by atoms with Crippen LogP contribution < -0.4 is 15.4 Å². The summed E-state index contributed by atoms with van der Waals surface area (Å²) < 4.78 is 9.34. The van der Waals surface area contributed by atoms with Crippen molar-refractivity contribution in [2.24, 2.45) is 5.92 Å². The van der Waals surface area contributed by atoms with Crippen LogP contribution in [0, 0.1) is 5.92 Å². The van der Waals surface area contributed by atoms with Gasteiger partial charge in [-0.25, -0.2) is 9.97 Å². The highest BCUT2D eigenvalue weighted by atomic mass is 35.5. The fourth-order valence-corrected chi connectivity index (χ4v) is 5.09. The van der Waals surface area contributed by atoms with Crippen LogP contribution in [0.25, 0.3) is 21.1 Å². The number of carbonyl (C=O) groups excluding carboxylic acids is 1. The van der Waals surface area contributed by atoms with Gasteiger partial charge in [0.2, 0.25) is 5.91 Å². The Hall–Kier alpha value is -3.33. The zero-order valence-electron chi connectivity index (χ0n) is 19.1. The smallest absolute Gasteiger partial charge is 0.223 e. The summed E-state index contributed by atoms with van der Waals surface area (Å²) in [6.07, 6.45) is 5.49. The monoisotopic (exact) mass is 539 g/mol. The van der Waals surface area contributed by atoms with Crippen LogP contribution in [0.15, 0.2) is 66.4 Å². The molecule has 1 amide bonds. The summed E-state index contributed by atoms with van der Waals surface area (Å²) in [5.74, 6) is 2.37. The second-order valence-corrected chi connectivity index (χ2v) is 9.85. The first-order valence-electron chi connectivity index (χ1n) is 11.4. The number of fused-ring (bicyclic) bond motifs is 2. The highest BCUT2D eigenvalue weighted by Gasteiger charge is 2.29. The van der Waals surface area contributed by atoms with Crippen molar-refractivity contribution in [1.82, 2.24) is 19.9 Å². The van der Waals surface area contributed by atoms with Crippen molar-refractivity contribution >= 4 is 73.9 Å². The molecule has 2 N–H and O–H groups in total. The molecule has 0 unspecified atom stereocenters. The molecule has 10 heteroatoms. The molecule has 0 saturated heterocycles. The van der Waals surface area contributed by atoms with Gasteiger partial charge < -0.3 is 19.9 Å². The first-order chi connectivity index (χ1) is 17.2. The van der Waals surface area contributed by atoms with Gasteiger partial charge in [-0.3, -0.25) is 4.79 Å². The van der Waals surface area contributed by atoms with Crippen LogP contribution in [0.5, 0.6) is 11.5 Å².